The number of fused-ring (bicyclic) bond motifs is 8. The monoisotopic (exact) mass is 708 g/mol. The summed E-state index contributed by atoms with van der Waals surface area (Å²) in [6.07, 6.45) is 4.51. The van der Waals surface area contributed by atoms with E-state index in [-0.39, 0.29) is 0 Å². The van der Waals surface area contributed by atoms with E-state index in [4.69, 9.17) is 4.42 Å². The van der Waals surface area contributed by atoms with Crippen molar-refractivity contribution in [2.45, 2.75) is 13.8 Å². The minimum atomic E-state index is 0.933. The zero-order valence-electron chi connectivity index (χ0n) is 30.1. The molecule has 2 aromatic heterocycles. The SMILES string of the molecule is C/C=c1/c(-c2ccc(-c3ccc4sc5cc6cc7c(cc6cc5c4c3)oc3ccccc37)cc2)ccccccc(-c2cccc3ccccc23)/c1=C/C. The molecule has 2 heterocycles. The van der Waals surface area contributed by atoms with Crippen molar-refractivity contribution < 1.29 is 4.42 Å². The highest BCUT2D eigenvalue weighted by Gasteiger charge is 2.13. The first-order chi connectivity index (χ1) is 26.7. The van der Waals surface area contributed by atoms with Crippen LogP contribution in [0, 0.1) is 0 Å². The highest BCUT2D eigenvalue weighted by Crippen LogP contribution is 2.40. The quantitative estimate of drug-likeness (QED) is 0.178. The second-order valence-corrected chi connectivity index (χ2v) is 15.0. The maximum Gasteiger partial charge on any atom is 0.136 e. The lowest BCUT2D eigenvalue weighted by Gasteiger charge is -2.10. The van der Waals surface area contributed by atoms with E-state index >= 15 is 0 Å². The van der Waals surface area contributed by atoms with Crippen LogP contribution in [0.25, 0.3) is 109 Å². The molecule has 0 aliphatic rings. The van der Waals surface area contributed by atoms with E-state index in [9.17, 15) is 0 Å². The summed E-state index contributed by atoms with van der Waals surface area (Å²) >= 11 is 1.87. The summed E-state index contributed by atoms with van der Waals surface area (Å²) in [7, 11) is 0. The van der Waals surface area contributed by atoms with E-state index in [1.807, 2.05) is 23.5 Å². The minimum Gasteiger partial charge on any atom is -0.456 e. The standard InChI is InChI=1S/C52H36OS/c1-3-39-40(4-2)43(44-20-13-15-34-14-9-10-17-42(34)44)18-8-6-5-7-16-41(39)35-24-22-33(23-25-35)36-26-27-51-47(28-36)48-30-37-31-50-46(29-38(37)32-52(48)54-51)45-19-11-12-21-49(45)53-50/h3-32H,1-2H3/b7-5?,8-6?,39-3+,40-4+,41-16?,43-18?. The van der Waals surface area contributed by atoms with Crippen LogP contribution in [0.15, 0.2) is 174 Å². The van der Waals surface area contributed by atoms with Gasteiger partial charge in [-0.3, -0.25) is 0 Å². The third kappa shape index (κ3) is 5.38. The van der Waals surface area contributed by atoms with Crippen molar-refractivity contribution >= 4 is 87.1 Å². The van der Waals surface area contributed by atoms with E-state index in [1.165, 1.54) is 96.3 Å². The van der Waals surface area contributed by atoms with Crippen LogP contribution in [0.4, 0.5) is 0 Å². The second-order valence-electron chi connectivity index (χ2n) is 13.9. The van der Waals surface area contributed by atoms with Crippen LogP contribution in [0.2, 0.25) is 0 Å². The summed E-state index contributed by atoms with van der Waals surface area (Å²) in [6.45, 7) is 4.30. The fourth-order valence-corrected chi connectivity index (χ4v) is 9.35. The van der Waals surface area contributed by atoms with Crippen molar-refractivity contribution in [2.24, 2.45) is 0 Å². The van der Waals surface area contributed by atoms with E-state index in [2.05, 4.69) is 184 Å². The smallest absolute Gasteiger partial charge is 0.136 e. The van der Waals surface area contributed by atoms with Gasteiger partial charge in [-0.15, -0.1) is 11.3 Å². The molecular formula is C52H36OS. The zero-order valence-corrected chi connectivity index (χ0v) is 31.0. The van der Waals surface area contributed by atoms with Crippen LogP contribution in [0.3, 0.4) is 0 Å². The van der Waals surface area contributed by atoms with E-state index in [0.717, 1.165) is 11.2 Å². The van der Waals surface area contributed by atoms with Gasteiger partial charge >= 0.3 is 0 Å². The molecule has 2 heteroatoms. The number of hydrogen-bond acceptors (Lipinski definition) is 2. The summed E-state index contributed by atoms with van der Waals surface area (Å²) < 4.78 is 8.85. The van der Waals surface area contributed by atoms with Gasteiger partial charge in [0.05, 0.1) is 0 Å². The van der Waals surface area contributed by atoms with Gasteiger partial charge in [-0.25, -0.2) is 0 Å². The van der Waals surface area contributed by atoms with Crippen LogP contribution >= 0.6 is 11.3 Å². The summed E-state index contributed by atoms with van der Waals surface area (Å²) in [6, 6.07) is 61.8. The van der Waals surface area contributed by atoms with E-state index in [1.54, 1.807) is 0 Å². The molecule has 10 rings (SSSR count). The summed E-state index contributed by atoms with van der Waals surface area (Å²) in [5.74, 6) is 0. The van der Waals surface area contributed by atoms with Crippen LogP contribution in [0.5, 0.6) is 0 Å². The Morgan fingerprint density at radius 3 is 1.81 bits per heavy atom. The number of para-hydroxylation sites is 1. The van der Waals surface area contributed by atoms with Crippen LogP contribution in [-0.2, 0) is 0 Å². The van der Waals surface area contributed by atoms with E-state index in [0.29, 0.717) is 0 Å². The van der Waals surface area contributed by atoms with Crippen molar-refractivity contribution in [2.75, 3.05) is 0 Å². The van der Waals surface area contributed by atoms with Crippen LogP contribution in [-0.4, -0.2) is 0 Å². The van der Waals surface area contributed by atoms with Gasteiger partial charge < -0.3 is 4.42 Å². The predicted octanol–water partition coefficient (Wildman–Crippen LogP) is 14.0. The molecule has 8 aromatic carbocycles. The average molecular weight is 709 g/mol. The van der Waals surface area contributed by atoms with Crippen molar-refractivity contribution in [1.29, 1.82) is 0 Å². The molecule has 0 amide bonds. The highest BCUT2D eigenvalue weighted by molar-refractivity contribution is 7.25. The number of hydrogen-bond donors (Lipinski definition) is 0. The Hall–Kier alpha value is -6.48. The molecule has 54 heavy (non-hydrogen) atoms. The molecule has 256 valence electrons. The molecule has 0 saturated carbocycles. The maximum absolute atomic E-state index is 6.25. The minimum absolute atomic E-state index is 0.933. The van der Waals surface area contributed by atoms with Crippen LogP contribution < -0.4 is 10.4 Å². The highest BCUT2D eigenvalue weighted by atomic mass is 32.1. The van der Waals surface area contributed by atoms with Gasteiger partial charge in [0.15, 0.2) is 0 Å². The molecule has 0 bridgehead atoms. The lowest BCUT2D eigenvalue weighted by molar-refractivity contribution is 0.669. The zero-order chi connectivity index (χ0) is 36.2. The lowest BCUT2D eigenvalue weighted by atomic mass is 9.94. The van der Waals surface area contributed by atoms with Crippen molar-refractivity contribution in [3.8, 4) is 33.4 Å². The van der Waals surface area contributed by atoms with Gasteiger partial charge in [0.1, 0.15) is 11.2 Å². The predicted molar refractivity (Wildman–Crippen MR) is 235 cm³/mol. The van der Waals surface area contributed by atoms with Gasteiger partial charge in [-0.1, -0.05) is 140 Å². The fraction of sp³-hybridized carbons (Fsp3) is 0.0385. The van der Waals surface area contributed by atoms with Crippen molar-refractivity contribution in [3.05, 3.63) is 180 Å². The molecule has 0 unspecified atom stereocenters. The topological polar surface area (TPSA) is 13.1 Å². The maximum atomic E-state index is 6.25. The van der Waals surface area contributed by atoms with Crippen molar-refractivity contribution in [3.63, 3.8) is 0 Å². The van der Waals surface area contributed by atoms with Gasteiger partial charge in [0.25, 0.3) is 0 Å². The first-order valence-corrected chi connectivity index (χ1v) is 19.4. The fourth-order valence-electron chi connectivity index (χ4n) is 8.23. The third-order valence-electron chi connectivity index (χ3n) is 10.8. The number of thiophene rings is 1. The Morgan fingerprint density at radius 2 is 0.981 bits per heavy atom. The molecule has 0 fully saturated rings. The molecule has 10 aromatic rings. The molecule has 0 atom stereocenters. The number of rotatable bonds is 3. The van der Waals surface area contributed by atoms with Crippen molar-refractivity contribution in [1.82, 2.24) is 0 Å². The Kier molecular flexibility index (Phi) is 7.86. The Balaban J connectivity index is 1.08. The number of furan rings is 1. The first kappa shape index (κ1) is 32.2. The summed E-state index contributed by atoms with van der Waals surface area (Å²) in [5.41, 5.74) is 9.11. The Bertz CT molecular complexity index is 3280. The average Bonchev–Trinajstić information content (AvgIpc) is 3.76. The Morgan fingerprint density at radius 1 is 0.370 bits per heavy atom. The second kappa shape index (κ2) is 13.2. The van der Waals surface area contributed by atoms with Gasteiger partial charge in [0.2, 0.25) is 0 Å². The molecule has 0 aliphatic heterocycles. The third-order valence-corrected chi connectivity index (χ3v) is 12.0. The normalized spacial score (nSPS) is 12.5. The molecular weight excluding hydrogens is 673 g/mol. The van der Waals surface area contributed by atoms with E-state index < -0.39 is 0 Å². The molecule has 0 spiro atoms. The van der Waals surface area contributed by atoms with Gasteiger partial charge in [-0.2, -0.15) is 0 Å². The molecule has 0 aliphatic carbocycles. The van der Waals surface area contributed by atoms with Gasteiger partial charge in [-0.05, 0) is 122 Å². The first-order valence-electron chi connectivity index (χ1n) is 18.6. The molecule has 0 saturated heterocycles. The lowest BCUT2D eigenvalue weighted by Crippen LogP contribution is -2.27. The number of benzene rings is 7. The molecule has 0 radical (unpaired) electrons. The van der Waals surface area contributed by atoms with Crippen LogP contribution in [0.1, 0.15) is 13.8 Å². The molecule has 0 N–H and O–H groups in total. The summed E-state index contributed by atoms with van der Waals surface area (Å²) in [4.78, 5) is 0. The summed E-state index contributed by atoms with van der Waals surface area (Å²) in [5, 5.41) is 12.3. The Labute approximate surface area is 317 Å². The largest absolute Gasteiger partial charge is 0.456 e. The molecule has 1 nitrogen and oxygen atoms in total. The van der Waals surface area contributed by atoms with Gasteiger partial charge in [0, 0.05) is 30.9 Å².